The van der Waals surface area contributed by atoms with Gasteiger partial charge >= 0.3 is 0 Å². The summed E-state index contributed by atoms with van der Waals surface area (Å²) in [5.41, 5.74) is 3.88. The molecule has 3 aromatic carbocycles. The van der Waals surface area contributed by atoms with Gasteiger partial charge in [-0.25, -0.2) is 0 Å². The first-order valence-corrected chi connectivity index (χ1v) is 8.06. The van der Waals surface area contributed by atoms with E-state index in [4.69, 9.17) is 0 Å². The van der Waals surface area contributed by atoms with Crippen LogP contribution in [0.15, 0.2) is 91.0 Å². The molecule has 0 radical (unpaired) electrons. The van der Waals surface area contributed by atoms with E-state index in [1.165, 1.54) is 16.7 Å². The monoisotopic (exact) mass is 348 g/mol. The zero-order valence-corrected chi connectivity index (χ0v) is 14.4. The third-order valence-electron chi connectivity index (χ3n) is 4.11. The molecule has 0 nitrogen and oxygen atoms in total. The molecule has 3 aromatic rings. The minimum absolute atomic E-state index is 0. The van der Waals surface area contributed by atoms with Crippen LogP contribution in [0.1, 0.15) is 16.7 Å². The minimum atomic E-state index is -0.117. The maximum atomic E-state index is 2.94. The summed E-state index contributed by atoms with van der Waals surface area (Å²) in [6.07, 6.45) is 0.949. The van der Waals surface area contributed by atoms with Gasteiger partial charge in [0.15, 0.2) is 0 Å². The van der Waals surface area contributed by atoms with E-state index in [-0.39, 0.29) is 21.9 Å². The van der Waals surface area contributed by atoms with Crippen LogP contribution in [0.25, 0.3) is 0 Å². The molecule has 0 aliphatic heterocycles. The number of hydrogen-bond donors (Lipinski definition) is 0. The molecule has 0 fully saturated rings. The Morgan fingerprint density at radius 1 is 0.545 bits per heavy atom. The maximum absolute atomic E-state index is 2.94. The second-order valence-corrected chi connectivity index (χ2v) is 5.62. The molecule has 0 bridgehead atoms. The van der Waals surface area contributed by atoms with Gasteiger partial charge in [-0.2, -0.15) is 0 Å². The molecular formula is C20H19NiP. The van der Waals surface area contributed by atoms with E-state index in [0.717, 1.165) is 6.16 Å². The molecule has 0 aliphatic rings. The average molecular weight is 349 g/mol. The van der Waals surface area contributed by atoms with Crippen molar-refractivity contribution >= 4 is 9.24 Å². The molecule has 0 spiro atoms. The van der Waals surface area contributed by atoms with E-state index in [1.807, 2.05) is 0 Å². The summed E-state index contributed by atoms with van der Waals surface area (Å²) < 4.78 is 0. The Morgan fingerprint density at radius 2 is 0.818 bits per heavy atom. The van der Waals surface area contributed by atoms with Crippen molar-refractivity contribution in [2.75, 3.05) is 6.16 Å². The normalized spacial score (nSPS) is 10.8. The molecule has 0 heterocycles. The van der Waals surface area contributed by atoms with Crippen LogP contribution in [-0.2, 0) is 21.9 Å². The van der Waals surface area contributed by atoms with Crippen molar-refractivity contribution in [2.24, 2.45) is 0 Å². The van der Waals surface area contributed by atoms with Crippen molar-refractivity contribution in [3.8, 4) is 0 Å². The van der Waals surface area contributed by atoms with Crippen LogP contribution in [0.3, 0.4) is 0 Å². The van der Waals surface area contributed by atoms with E-state index >= 15 is 0 Å². The van der Waals surface area contributed by atoms with Gasteiger partial charge in [0.2, 0.25) is 0 Å². The Morgan fingerprint density at radius 3 is 1.05 bits per heavy atom. The van der Waals surface area contributed by atoms with Gasteiger partial charge in [0, 0.05) is 21.9 Å². The Balaban J connectivity index is 0.00000176. The smallest absolute Gasteiger partial charge is 0.0485 e. The molecule has 0 saturated carbocycles. The summed E-state index contributed by atoms with van der Waals surface area (Å²) in [6, 6.07) is 32.3. The van der Waals surface area contributed by atoms with Gasteiger partial charge in [0.05, 0.1) is 0 Å². The predicted octanol–water partition coefficient (Wildman–Crippen LogP) is 4.89. The first kappa shape index (κ1) is 16.9. The van der Waals surface area contributed by atoms with Crippen LogP contribution in [0.4, 0.5) is 0 Å². The zero-order valence-electron chi connectivity index (χ0n) is 12.3. The van der Waals surface area contributed by atoms with Crippen molar-refractivity contribution in [1.29, 1.82) is 0 Å². The van der Waals surface area contributed by atoms with Gasteiger partial charge in [-0.3, -0.25) is 0 Å². The topological polar surface area (TPSA) is 0 Å². The van der Waals surface area contributed by atoms with Crippen LogP contribution < -0.4 is 0 Å². The number of benzene rings is 3. The van der Waals surface area contributed by atoms with Gasteiger partial charge < -0.3 is 0 Å². The summed E-state index contributed by atoms with van der Waals surface area (Å²) in [4.78, 5) is 0. The molecule has 0 amide bonds. The molecule has 0 aliphatic carbocycles. The summed E-state index contributed by atoms with van der Waals surface area (Å²) in [6.45, 7) is 0. The van der Waals surface area contributed by atoms with Crippen molar-refractivity contribution < 1.29 is 16.5 Å². The Kier molecular flexibility index (Phi) is 5.95. The van der Waals surface area contributed by atoms with Crippen LogP contribution in [0, 0.1) is 0 Å². The Labute approximate surface area is 145 Å². The molecule has 22 heavy (non-hydrogen) atoms. The van der Waals surface area contributed by atoms with Crippen molar-refractivity contribution in [1.82, 2.24) is 0 Å². The molecular weight excluding hydrogens is 330 g/mol. The molecule has 2 heteroatoms. The van der Waals surface area contributed by atoms with E-state index in [2.05, 4.69) is 100 Å². The van der Waals surface area contributed by atoms with Crippen LogP contribution in [0.5, 0.6) is 0 Å². The van der Waals surface area contributed by atoms with Crippen molar-refractivity contribution in [3.05, 3.63) is 108 Å². The molecule has 1 unspecified atom stereocenters. The Bertz CT molecular complexity index is 584. The molecule has 3 rings (SSSR count). The van der Waals surface area contributed by atoms with E-state index in [0.29, 0.717) is 0 Å². The first-order chi connectivity index (χ1) is 10.4. The van der Waals surface area contributed by atoms with Crippen LogP contribution >= 0.6 is 9.24 Å². The van der Waals surface area contributed by atoms with E-state index < -0.39 is 0 Å². The first-order valence-electron chi connectivity index (χ1n) is 7.24. The summed E-state index contributed by atoms with van der Waals surface area (Å²) in [7, 11) is 2.94. The van der Waals surface area contributed by atoms with E-state index in [9.17, 15) is 0 Å². The average Bonchev–Trinajstić information content (AvgIpc) is 2.59. The quantitative estimate of drug-likeness (QED) is 0.357. The van der Waals surface area contributed by atoms with Gasteiger partial charge in [-0.05, 0) is 22.9 Å². The summed E-state index contributed by atoms with van der Waals surface area (Å²) >= 11 is 0. The molecule has 0 aromatic heterocycles. The summed E-state index contributed by atoms with van der Waals surface area (Å²) in [5, 5.41) is 0. The summed E-state index contributed by atoms with van der Waals surface area (Å²) in [5.74, 6) is 0. The molecule has 0 N–H and O–H groups in total. The Hall–Kier alpha value is -1.42. The fourth-order valence-corrected chi connectivity index (χ4v) is 3.73. The zero-order chi connectivity index (χ0) is 14.5. The SMILES string of the molecule is PCC(c1ccccc1)(c1ccccc1)c1ccccc1.[Ni]. The second kappa shape index (κ2) is 7.73. The fraction of sp³-hybridized carbons (Fsp3) is 0.100. The number of hydrogen-bond acceptors (Lipinski definition) is 0. The van der Waals surface area contributed by atoms with E-state index in [1.54, 1.807) is 0 Å². The minimum Gasteiger partial charge on any atom is -0.136 e. The molecule has 0 saturated heterocycles. The van der Waals surface area contributed by atoms with Gasteiger partial charge in [-0.15, -0.1) is 9.24 Å². The number of rotatable bonds is 4. The van der Waals surface area contributed by atoms with Crippen LogP contribution in [0.2, 0.25) is 0 Å². The molecule has 1 atom stereocenters. The maximum Gasteiger partial charge on any atom is 0.0485 e. The molecule has 114 valence electrons. The van der Waals surface area contributed by atoms with Crippen molar-refractivity contribution in [3.63, 3.8) is 0 Å². The van der Waals surface area contributed by atoms with Gasteiger partial charge in [0.1, 0.15) is 0 Å². The third-order valence-corrected chi connectivity index (χ3v) is 4.72. The predicted molar refractivity (Wildman–Crippen MR) is 93.8 cm³/mol. The van der Waals surface area contributed by atoms with Crippen LogP contribution in [-0.4, -0.2) is 6.16 Å². The largest absolute Gasteiger partial charge is 0.136 e. The van der Waals surface area contributed by atoms with Gasteiger partial charge in [0.25, 0.3) is 0 Å². The van der Waals surface area contributed by atoms with Gasteiger partial charge in [-0.1, -0.05) is 91.0 Å². The third kappa shape index (κ3) is 3.02. The van der Waals surface area contributed by atoms with Crippen molar-refractivity contribution in [2.45, 2.75) is 5.41 Å². The second-order valence-electron chi connectivity index (χ2n) is 5.21. The fourth-order valence-electron chi connectivity index (χ4n) is 3.02. The standard InChI is InChI=1S/C20H19P.Ni/c21-16-20(17-10-4-1-5-11-17,18-12-6-2-7-13-18)19-14-8-3-9-15-19;/h1-15H,16,21H2;.